The van der Waals surface area contributed by atoms with Gasteiger partial charge in [-0.2, -0.15) is 0 Å². The molecular weight excluding hydrogens is 676 g/mol. The summed E-state index contributed by atoms with van der Waals surface area (Å²) in [6, 6.07) is 27.4. The molecule has 1 unspecified atom stereocenters. The Labute approximate surface area is 276 Å². The van der Waals surface area contributed by atoms with Crippen LogP contribution < -0.4 is 16.0 Å². The Bertz CT molecular complexity index is 1770. The van der Waals surface area contributed by atoms with Crippen LogP contribution in [0.3, 0.4) is 0 Å². The summed E-state index contributed by atoms with van der Waals surface area (Å²) in [4.78, 5) is 45.9. The van der Waals surface area contributed by atoms with Crippen LogP contribution in [-0.4, -0.2) is 28.0 Å². The Balaban J connectivity index is 1.28. The molecule has 2 heterocycles. The van der Waals surface area contributed by atoms with E-state index in [4.69, 9.17) is 0 Å². The van der Waals surface area contributed by atoms with Gasteiger partial charge in [-0.15, -0.1) is 34.4 Å². The van der Waals surface area contributed by atoms with E-state index in [1.165, 1.54) is 23.1 Å². The van der Waals surface area contributed by atoms with Crippen LogP contribution in [0.25, 0.3) is 16.6 Å². The standard InChI is InChI=1S/C33H27BrN4O3S3/c1-2-28(32(41)38-33-37-27(20-43-33)29-12-7-17-42-29)44-25-11-6-10-24(19-25)35-31(40)26(18-21-13-15-23(34)16-14-21)36-30(39)22-8-4-3-5-9-22/h3-20,28H,2H2,1H3,(H,35,40)(H,36,39)(H,37,38,41)/b26-18-. The lowest BCUT2D eigenvalue weighted by molar-refractivity contribution is -0.116. The molecule has 3 N–H and O–H groups in total. The van der Waals surface area contributed by atoms with Gasteiger partial charge in [-0.1, -0.05) is 65.3 Å². The minimum atomic E-state index is -0.477. The van der Waals surface area contributed by atoms with E-state index in [0.717, 1.165) is 25.5 Å². The molecule has 222 valence electrons. The van der Waals surface area contributed by atoms with Crippen LogP contribution in [0.5, 0.6) is 0 Å². The number of carbonyl (C=O) groups excluding carboxylic acids is 3. The van der Waals surface area contributed by atoms with Gasteiger partial charge in [0.05, 0.1) is 15.8 Å². The molecule has 44 heavy (non-hydrogen) atoms. The van der Waals surface area contributed by atoms with Crippen LogP contribution in [0.1, 0.15) is 29.3 Å². The highest BCUT2D eigenvalue weighted by Crippen LogP contribution is 2.31. The number of benzene rings is 3. The number of thiophene rings is 1. The maximum Gasteiger partial charge on any atom is 0.272 e. The molecule has 11 heteroatoms. The lowest BCUT2D eigenvalue weighted by Crippen LogP contribution is -2.30. The van der Waals surface area contributed by atoms with Gasteiger partial charge in [-0.3, -0.25) is 14.4 Å². The largest absolute Gasteiger partial charge is 0.321 e. The molecule has 5 rings (SSSR count). The van der Waals surface area contributed by atoms with Crippen molar-refractivity contribution in [1.82, 2.24) is 10.3 Å². The third kappa shape index (κ3) is 8.54. The van der Waals surface area contributed by atoms with E-state index in [1.807, 2.05) is 78.3 Å². The number of thiazole rings is 1. The number of hydrogen-bond donors (Lipinski definition) is 3. The number of halogens is 1. The fourth-order valence-electron chi connectivity index (χ4n) is 4.05. The minimum Gasteiger partial charge on any atom is -0.321 e. The molecule has 0 aliphatic heterocycles. The van der Waals surface area contributed by atoms with Gasteiger partial charge < -0.3 is 16.0 Å². The van der Waals surface area contributed by atoms with Crippen molar-refractivity contribution in [2.24, 2.45) is 0 Å². The molecule has 0 saturated carbocycles. The minimum absolute atomic E-state index is 0.0930. The van der Waals surface area contributed by atoms with Crippen molar-refractivity contribution in [1.29, 1.82) is 0 Å². The Hall–Kier alpha value is -4.03. The van der Waals surface area contributed by atoms with Crippen molar-refractivity contribution in [3.63, 3.8) is 0 Å². The summed E-state index contributed by atoms with van der Waals surface area (Å²) < 4.78 is 0.900. The molecule has 0 bridgehead atoms. The summed E-state index contributed by atoms with van der Waals surface area (Å²) in [5, 5.41) is 12.7. The Kier molecular flexibility index (Phi) is 10.8. The summed E-state index contributed by atoms with van der Waals surface area (Å²) >= 11 is 7.83. The molecule has 7 nitrogen and oxygen atoms in total. The number of thioether (sulfide) groups is 1. The number of aromatic nitrogens is 1. The van der Waals surface area contributed by atoms with E-state index in [1.54, 1.807) is 47.7 Å². The number of rotatable bonds is 11. The van der Waals surface area contributed by atoms with Crippen LogP contribution in [0, 0.1) is 0 Å². The highest BCUT2D eigenvalue weighted by atomic mass is 79.9. The van der Waals surface area contributed by atoms with Crippen molar-refractivity contribution < 1.29 is 14.4 Å². The second-order valence-electron chi connectivity index (χ2n) is 9.43. The van der Waals surface area contributed by atoms with Gasteiger partial charge in [-0.05, 0) is 72.0 Å². The third-order valence-corrected chi connectivity index (χ3v) is 9.79. The molecular formula is C33H27BrN4O3S3. The number of anilines is 2. The Morgan fingerprint density at radius 3 is 2.45 bits per heavy atom. The van der Waals surface area contributed by atoms with E-state index in [0.29, 0.717) is 22.8 Å². The summed E-state index contributed by atoms with van der Waals surface area (Å²) in [6.07, 6.45) is 2.23. The zero-order valence-corrected chi connectivity index (χ0v) is 27.5. The van der Waals surface area contributed by atoms with E-state index in [-0.39, 0.29) is 16.9 Å². The number of nitrogens with zero attached hydrogens (tertiary/aromatic N) is 1. The molecule has 3 amide bonds. The van der Waals surface area contributed by atoms with Crippen LogP contribution >= 0.6 is 50.4 Å². The predicted octanol–water partition coefficient (Wildman–Crippen LogP) is 8.55. The second kappa shape index (κ2) is 15.1. The molecule has 0 aliphatic carbocycles. The average molecular weight is 704 g/mol. The van der Waals surface area contributed by atoms with Gasteiger partial charge in [-0.25, -0.2) is 4.98 Å². The SMILES string of the molecule is CCC(Sc1cccc(NC(=O)/C(=C/c2ccc(Br)cc2)NC(=O)c2ccccc2)c1)C(=O)Nc1nc(-c2cccs2)cs1. The van der Waals surface area contributed by atoms with Gasteiger partial charge in [0.2, 0.25) is 5.91 Å². The number of nitrogens with one attached hydrogen (secondary N) is 3. The van der Waals surface area contributed by atoms with Crippen LogP contribution in [0.4, 0.5) is 10.8 Å². The summed E-state index contributed by atoms with van der Waals surface area (Å²) in [5.74, 6) is -1.01. The monoisotopic (exact) mass is 702 g/mol. The zero-order valence-electron chi connectivity index (χ0n) is 23.5. The van der Waals surface area contributed by atoms with Crippen molar-refractivity contribution in [2.75, 3.05) is 10.6 Å². The van der Waals surface area contributed by atoms with Crippen molar-refractivity contribution >= 4 is 85.0 Å². The van der Waals surface area contributed by atoms with Gasteiger partial charge in [0.1, 0.15) is 5.70 Å². The van der Waals surface area contributed by atoms with Crippen LogP contribution in [0.15, 0.2) is 117 Å². The summed E-state index contributed by atoms with van der Waals surface area (Å²) in [7, 11) is 0. The van der Waals surface area contributed by atoms with E-state index in [9.17, 15) is 14.4 Å². The van der Waals surface area contributed by atoms with Gasteiger partial charge in [0.15, 0.2) is 5.13 Å². The molecule has 0 fully saturated rings. The molecule has 0 radical (unpaired) electrons. The van der Waals surface area contributed by atoms with Gasteiger partial charge in [0.25, 0.3) is 11.8 Å². The molecule has 1 atom stereocenters. The number of carbonyl (C=O) groups is 3. The summed E-state index contributed by atoms with van der Waals surface area (Å²) in [5.41, 5.74) is 2.65. The van der Waals surface area contributed by atoms with Gasteiger partial charge >= 0.3 is 0 Å². The van der Waals surface area contributed by atoms with Crippen LogP contribution in [0.2, 0.25) is 0 Å². The highest BCUT2D eigenvalue weighted by Gasteiger charge is 2.21. The first kappa shape index (κ1) is 31.4. The molecule has 0 aliphatic rings. The number of amides is 3. The molecule has 3 aromatic carbocycles. The molecule has 0 saturated heterocycles. The Morgan fingerprint density at radius 2 is 1.73 bits per heavy atom. The smallest absolute Gasteiger partial charge is 0.272 e. The van der Waals surface area contributed by atoms with Gasteiger partial charge in [0, 0.05) is 26.0 Å². The fourth-order valence-corrected chi connectivity index (χ4v) is 6.81. The normalized spacial score (nSPS) is 11.9. The first-order chi connectivity index (χ1) is 21.4. The second-order valence-corrected chi connectivity index (χ2v) is 13.4. The fraction of sp³-hybridized carbons (Fsp3) is 0.0909. The lowest BCUT2D eigenvalue weighted by Gasteiger charge is -2.15. The quantitative estimate of drug-likeness (QED) is 0.0946. The topological polar surface area (TPSA) is 100 Å². The van der Waals surface area contributed by atoms with Crippen molar-refractivity contribution in [3.05, 3.63) is 123 Å². The summed E-state index contributed by atoms with van der Waals surface area (Å²) in [6.45, 7) is 1.95. The van der Waals surface area contributed by atoms with E-state index in [2.05, 4.69) is 36.9 Å². The molecule has 5 aromatic rings. The van der Waals surface area contributed by atoms with Crippen molar-refractivity contribution in [2.45, 2.75) is 23.5 Å². The van der Waals surface area contributed by atoms with E-state index < -0.39 is 11.8 Å². The molecule has 2 aromatic heterocycles. The molecule has 0 spiro atoms. The van der Waals surface area contributed by atoms with Crippen molar-refractivity contribution in [3.8, 4) is 10.6 Å². The zero-order chi connectivity index (χ0) is 30.9. The van der Waals surface area contributed by atoms with Crippen LogP contribution in [-0.2, 0) is 9.59 Å². The first-order valence-electron chi connectivity index (χ1n) is 13.6. The predicted molar refractivity (Wildman–Crippen MR) is 185 cm³/mol. The number of hydrogen-bond acceptors (Lipinski definition) is 7. The third-order valence-electron chi connectivity index (χ3n) is 6.25. The average Bonchev–Trinajstić information content (AvgIpc) is 3.74. The van der Waals surface area contributed by atoms with E-state index >= 15 is 0 Å². The maximum absolute atomic E-state index is 13.5. The Morgan fingerprint density at radius 1 is 0.932 bits per heavy atom. The lowest BCUT2D eigenvalue weighted by atomic mass is 10.1. The first-order valence-corrected chi connectivity index (χ1v) is 17.0. The highest BCUT2D eigenvalue weighted by molar-refractivity contribution is 9.10. The maximum atomic E-state index is 13.5.